The van der Waals surface area contributed by atoms with Gasteiger partial charge in [0.25, 0.3) is 5.91 Å². The SMILES string of the molecule is COc1ccc(-c2nc(C(=O)NCc3ccc(F)cc3F)c([C@@H](C)N)[nH]2)c2ccc(C(F)(F)F)nc12. The number of methoxy groups -OCH3 is 1. The van der Waals surface area contributed by atoms with Crippen molar-refractivity contribution in [3.8, 4) is 17.1 Å². The summed E-state index contributed by atoms with van der Waals surface area (Å²) >= 11 is 0. The van der Waals surface area contributed by atoms with Gasteiger partial charge in [-0.3, -0.25) is 4.79 Å². The molecule has 4 aromatic rings. The zero-order valence-corrected chi connectivity index (χ0v) is 19.0. The van der Waals surface area contributed by atoms with E-state index in [9.17, 15) is 26.7 Å². The van der Waals surface area contributed by atoms with Gasteiger partial charge in [0.1, 0.15) is 34.4 Å². The Morgan fingerprint density at radius 2 is 1.89 bits per heavy atom. The van der Waals surface area contributed by atoms with Crippen molar-refractivity contribution < 1.29 is 31.5 Å². The Balaban J connectivity index is 1.73. The minimum atomic E-state index is -4.66. The van der Waals surface area contributed by atoms with Crippen molar-refractivity contribution in [1.82, 2.24) is 20.3 Å². The van der Waals surface area contributed by atoms with Gasteiger partial charge in [0, 0.05) is 35.2 Å². The molecule has 0 saturated heterocycles. The van der Waals surface area contributed by atoms with Gasteiger partial charge in [-0.05, 0) is 37.3 Å². The number of halogens is 5. The predicted molar refractivity (Wildman–Crippen MR) is 121 cm³/mol. The molecule has 1 atom stereocenters. The van der Waals surface area contributed by atoms with Crippen LogP contribution in [-0.4, -0.2) is 28.0 Å². The molecule has 0 aliphatic carbocycles. The molecule has 2 aromatic heterocycles. The number of rotatable bonds is 6. The van der Waals surface area contributed by atoms with E-state index in [1.807, 2.05) is 0 Å². The van der Waals surface area contributed by atoms with Gasteiger partial charge < -0.3 is 20.8 Å². The van der Waals surface area contributed by atoms with Crippen LogP contribution in [0.25, 0.3) is 22.3 Å². The van der Waals surface area contributed by atoms with Gasteiger partial charge in [0.05, 0.1) is 12.8 Å². The fourth-order valence-corrected chi connectivity index (χ4v) is 3.66. The number of aromatic nitrogens is 3. The zero-order valence-electron chi connectivity index (χ0n) is 19.0. The summed E-state index contributed by atoms with van der Waals surface area (Å²) in [5.74, 6) is -1.96. The van der Waals surface area contributed by atoms with Crippen molar-refractivity contribution in [2.24, 2.45) is 5.73 Å². The van der Waals surface area contributed by atoms with Gasteiger partial charge >= 0.3 is 6.18 Å². The number of fused-ring (bicyclic) bond motifs is 1. The lowest BCUT2D eigenvalue weighted by Crippen LogP contribution is -2.26. The van der Waals surface area contributed by atoms with Crippen molar-refractivity contribution in [2.45, 2.75) is 25.7 Å². The maximum Gasteiger partial charge on any atom is 0.433 e. The topological polar surface area (TPSA) is 106 Å². The summed E-state index contributed by atoms with van der Waals surface area (Å²) in [6.07, 6.45) is -4.66. The fraction of sp³-hybridized carbons (Fsp3) is 0.208. The maximum atomic E-state index is 13.9. The van der Waals surface area contributed by atoms with Crippen molar-refractivity contribution >= 4 is 16.8 Å². The van der Waals surface area contributed by atoms with E-state index in [1.54, 1.807) is 13.0 Å². The average Bonchev–Trinajstić information content (AvgIpc) is 3.27. The van der Waals surface area contributed by atoms with Crippen LogP contribution in [0.2, 0.25) is 0 Å². The predicted octanol–water partition coefficient (Wildman–Crippen LogP) is 4.88. The molecule has 12 heteroatoms. The number of benzene rings is 2. The Labute approximate surface area is 201 Å². The van der Waals surface area contributed by atoms with E-state index in [4.69, 9.17) is 10.5 Å². The molecule has 4 rings (SSSR count). The molecule has 0 bridgehead atoms. The molecule has 0 spiro atoms. The number of hydrogen-bond donors (Lipinski definition) is 3. The molecule has 4 N–H and O–H groups in total. The molecule has 0 aliphatic heterocycles. The molecule has 0 aliphatic rings. The van der Waals surface area contributed by atoms with Crippen LogP contribution in [0, 0.1) is 11.6 Å². The summed E-state index contributed by atoms with van der Waals surface area (Å²) in [6.45, 7) is 1.37. The summed E-state index contributed by atoms with van der Waals surface area (Å²) in [5, 5.41) is 2.82. The second-order valence-electron chi connectivity index (χ2n) is 7.96. The average molecular weight is 505 g/mol. The number of amides is 1. The van der Waals surface area contributed by atoms with Crippen LogP contribution >= 0.6 is 0 Å². The Kier molecular flexibility index (Phi) is 6.63. The first-order valence-electron chi connectivity index (χ1n) is 10.6. The van der Waals surface area contributed by atoms with Gasteiger partial charge in [-0.1, -0.05) is 6.07 Å². The standard InChI is InChI=1S/C24H20F5N5O2/c1-11(30)19-21(23(35)31-10-12-3-4-13(25)9-16(12)26)34-22(33-19)15-5-7-17(36-2)20-14(15)6-8-18(32-20)24(27,28)29/h3-9,11H,10,30H2,1-2H3,(H,31,35)(H,33,34)/t11-/m1/s1. The largest absolute Gasteiger partial charge is 0.494 e. The molecular formula is C24H20F5N5O2. The highest BCUT2D eigenvalue weighted by Crippen LogP contribution is 2.36. The second-order valence-corrected chi connectivity index (χ2v) is 7.96. The number of nitrogens with one attached hydrogen (secondary N) is 2. The van der Waals surface area contributed by atoms with Gasteiger partial charge in [-0.2, -0.15) is 13.2 Å². The molecule has 0 fully saturated rings. The highest BCUT2D eigenvalue weighted by Gasteiger charge is 2.33. The summed E-state index contributed by atoms with van der Waals surface area (Å²) in [5.41, 5.74) is 5.48. The van der Waals surface area contributed by atoms with E-state index >= 15 is 0 Å². The van der Waals surface area contributed by atoms with Crippen LogP contribution in [0.3, 0.4) is 0 Å². The molecule has 7 nitrogen and oxygen atoms in total. The number of imidazole rings is 1. The highest BCUT2D eigenvalue weighted by atomic mass is 19.4. The molecule has 188 valence electrons. The zero-order chi connectivity index (χ0) is 26.2. The molecule has 0 saturated carbocycles. The minimum absolute atomic E-state index is 0.0404. The number of nitrogens with two attached hydrogens (primary N) is 1. The number of nitrogens with zero attached hydrogens (tertiary/aromatic N) is 2. The molecule has 36 heavy (non-hydrogen) atoms. The Hall–Kier alpha value is -4.06. The highest BCUT2D eigenvalue weighted by molar-refractivity contribution is 5.98. The Morgan fingerprint density at radius 1 is 1.14 bits per heavy atom. The lowest BCUT2D eigenvalue weighted by atomic mass is 10.1. The number of carbonyl (C=O) groups excluding carboxylic acids is 1. The summed E-state index contributed by atoms with van der Waals surface area (Å²) in [6, 6.07) is 7.39. The van der Waals surface area contributed by atoms with Crippen LogP contribution < -0.4 is 15.8 Å². The first-order chi connectivity index (χ1) is 17.0. The van der Waals surface area contributed by atoms with Crippen LogP contribution in [0.5, 0.6) is 5.75 Å². The number of carbonyl (C=O) groups is 1. The number of ether oxygens (including phenoxy) is 1. The van der Waals surface area contributed by atoms with Gasteiger partial charge in [-0.15, -0.1) is 0 Å². The van der Waals surface area contributed by atoms with E-state index in [0.29, 0.717) is 17.0 Å². The summed E-state index contributed by atoms with van der Waals surface area (Å²) in [7, 11) is 1.31. The molecule has 2 heterocycles. The van der Waals surface area contributed by atoms with Crippen LogP contribution in [0.4, 0.5) is 22.0 Å². The van der Waals surface area contributed by atoms with Gasteiger partial charge in [0.2, 0.25) is 0 Å². The second kappa shape index (κ2) is 9.53. The third-order valence-corrected chi connectivity index (χ3v) is 5.44. The Bertz CT molecular complexity index is 1450. The van der Waals surface area contributed by atoms with E-state index in [-0.39, 0.29) is 40.6 Å². The molecule has 2 aromatic carbocycles. The van der Waals surface area contributed by atoms with Crippen molar-refractivity contribution in [3.63, 3.8) is 0 Å². The smallest absolute Gasteiger partial charge is 0.433 e. The van der Waals surface area contributed by atoms with Crippen LogP contribution in [0.15, 0.2) is 42.5 Å². The number of alkyl halides is 3. The van der Waals surface area contributed by atoms with Crippen LogP contribution in [0.1, 0.15) is 40.4 Å². The Morgan fingerprint density at radius 3 is 2.53 bits per heavy atom. The summed E-state index contributed by atoms with van der Waals surface area (Å²) < 4.78 is 71.9. The van der Waals surface area contributed by atoms with Crippen LogP contribution in [-0.2, 0) is 12.7 Å². The normalized spacial score (nSPS) is 12.6. The summed E-state index contributed by atoms with van der Waals surface area (Å²) in [4.78, 5) is 23.9. The van der Waals surface area contributed by atoms with E-state index in [1.165, 1.54) is 25.3 Å². The quantitative estimate of drug-likeness (QED) is 0.324. The van der Waals surface area contributed by atoms with Gasteiger partial charge in [0.15, 0.2) is 5.69 Å². The number of H-pyrrole nitrogens is 1. The van der Waals surface area contributed by atoms with Crippen molar-refractivity contribution in [2.75, 3.05) is 7.11 Å². The van der Waals surface area contributed by atoms with E-state index < -0.39 is 35.5 Å². The molecule has 0 unspecified atom stereocenters. The van der Waals surface area contributed by atoms with Crippen molar-refractivity contribution in [3.05, 3.63) is 76.7 Å². The number of hydrogen-bond acceptors (Lipinski definition) is 5. The number of pyridine rings is 1. The fourth-order valence-electron chi connectivity index (χ4n) is 3.66. The minimum Gasteiger partial charge on any atom is -0.494 e. The number of aromatic amines is 1. The molecular weight excluding hydrogens is 485 g/mol. The van der Waals surface area contributed by atoms with Gasteiger partial charge in [-0.25, -0.2) is 18.7 Å². The first kappa shape index (κ1) is 25.0. The van der Waals surface area contributed by atoms with E-state index in [2.05, 4.69) is 20.3 Å². The lowest BCUT2D eigenvalue weighted by molar-refractivity contribution is -0.140. The molecule has 0 radical (unpaired) electrons. The van der Waals surface area contributed by atoms with E-state index in [0.717, 1.165) is 12.1 Å². The third-order valence-electron chi connectivity index (χ3n) is 5.44. The third kappa shape index (κ3) is 4.85. The monoisotopic (exact) mass is 505 g/mol. The molecule has 1 amide bonds. The first-order valence-corrected chi connectivity index (χ1v) is 10.6. The lowest BCUT2D eigenvalue weighted by Gasteiger charge is -2.11. The maximum absolute atomic E-state index is 13.9. The van der Waals surface area contributed by atoms with Crippen molar-refractivity contribution in [1.29, 1.82) is 0 Å².